The van der Waals surface area contributed by atoms with E-state index >= 15 is 0 Å². The van der Waals surface area contributed by atoms with Crippen LogP contribution in [0, 0.1) is 6.92 Å². The summed E-state index contributed by atoms with van der Waals surface area (Å²) in [5.74, 6) is -0.415. The van der Waals surface area contributed by atoms with Crippen LogP contribution in [0.3, 0.4) is 0 Å². The largest absolute Gasteiger partial charge is 0.497 e. The van der Waals surface area contributed by atoms with Crippen LogP contribution in [-0.4, -0.2) is 51.9 Å². The second-order valence-electron chi connectivity index (χ2n) is 6.23. The van der Waals surface area contributed by atoms with E-state index in [9.17, 15) is 18.0 Å². The summed E-state index contributed by atoms with van der Waals surface area (Å²) in [5.41, 5.74) is 1.52. The van der Waals surface area contributed by atoms with Gasteiger partial charge in [0.25, 0.3) is 0 Å². The average Bonchev–Trinajstić information content (AvgIpc) is 2.69. The van der Waals surface area contributed by atoms with Gasteiger partial charge in [0.05, 0.1) is 30.7 Å². The predicted octanol–water partition coefficient (Wildman–Crippen LogP) is 2.44. The second-order valence-corrected chi connectivity index (χ2v) is 8.28. The molecule has 0 aliphatic carbocycles. The SMILES string of the molecule is CCOC(=O)c1ccc(NC(=O)CN(C)S(=O)(=O)c2ccc(OC)cc2)c(C)c1. The Morgan fingerprint density at radius 1 is 1.10 bits per heavy atom. The van der Waals surface area contributed by atoms with E-state index in [-0.39, 0.29) is 18.0 Å². The Morgan fingerprint density at radius 3 is 2.31 bits per heavy atom. The van der Waals surface area contributed by atoms with Gasteiger partial charge in [0.2, 0.25) is 15.9 Å². The van der Waals surface area contributed by atoms with Crippen LogP contribution in [0.25, 0.3) is 0 Å². The van der Waals surface area contributed by atoms with Gasteiger partial charge in [-0.15, -0.1) is 0 Å². The van der Waals surface area contributed by atoms with Gasteiger partial charge in [-0.1, -0.05) is 0 Å². The first-order valence-corrected chi connectivity index (χ1v) is 10.3. The minimum atomic E-state index is -3.83. The molecule has 9 heteroatoms. The zero-order chi connectivity index (χ0) is 21.6. The van der Waals surface area contributed by atoms with E-state index in [0.717, 1.165) is 4.31 Å². The summed E-state index contributed by atoms with van der Waals surface area (Å²) < 4.78 is 36.2. The van der Waals surface area contributed by atoms with E-state index in [0.29, 0.717) is 22.6 Å². The fourth-order valence-corrected chi connectivity index (χ4v) is 3.68. The fraction of sp³-hybridized carbons (Fsp3) is 0.300. The number of likely N-dealkylation sites (N-methyl/N-ethyl adjacent to an activating group) is 1. The highest BCUT2D eigenvalue weighted by molar-refractivity contribution is 7.89. The molecular formula is C20H24N2O6S. The van der Waals surface area contributed by atoms with Crippen LogP contribution in [0.2, 0.25) is 0 Å². The molecule has 0 aliphatic heterocycles. The highest BCUT2D eigenvalue weighted by Crippen LogP contribution is 2.20. The Balaban J connectivity index is 2.06. The van der Waals surface area contributed by atoms with E-state index in [4.69, 9.17) is 9.47 Å². The molecule has 0 fully saturated rings. The van der Waals surface area contributed by atoms with Crippen molar-refractivity contribution in [3.8, 4) is 5.75 Å². The van der Waals surface area contributed by atoms with Crippen molar-refractivity contribution in [3.05, 3.63) is 53.6 Å². The quantitative estimate of drug-likeness (QED) is 0.658. The number of sulfonamides is 1. The topological polar surface area (TPSA) is 102 Å². The maximum Gasteiger partial charge on any atom is 0.338 e. The highest BCUT2D eigenvalue weighted by atomic mass is 32.2. The van der Waals surface area contributed by atoms with E-state index in [1.165, 1.54) is 38.4 Å². The number of hydrogen-bond acceptors (Lipinski definition) is 6. The molecule has 0 aliphatic rings. The molecule has 0 spiro atoms. The zero-order valence-corrected chi connectivity index (χ0v) is 17.6. The maximum atomic E-state index is 12.6. The molecule has 156 valence electrons. The summed E-state index contributed by atoms with van der Waals surface area (Å²) in [6.45, 7) is 3.35. The van der Waals surface area contributed by atoms with Crippen LogP contribution in [-0.2, 0) is 19.6 Å². The number of aryl methyl sites for hydroxylation is 1. The Bertz CT molecular complexity index is 987. The van der Waals surface area contributed by atoms with Gasteiger partial charge >= 0.3 is 5.97 Å². The van der Waals surface area contributed by atoms with Gasteiger partial charge in [0.1, 0.15) is 5.75 Å². The number of rotatable bonds is 8. The standard InChI is InChI=1S/C20H24N2O6S/c1-5-28-20(24)15-6-11-18(14(2)12-15)21-19(23)13-22(3)29(25,26)17-9-7-16(27-4)8-10-17/h6-12H,5,13H2,1-4H3,(H,21,23). The maximum absolute atomic E-state index is 12.6. The van der Waals surface area contributed by atoms with Gasteiger partial charge in [-0.25, -0.2) is 13.2 Å². The summed E-state index contributed by atoms with van der Waals surface area (Å²) in [7, 11) is -1.01. The molecule has 0 atom stereocenters. The summed E-state index contributed by atoms with van der Waals surface area (Å²) in [4.78, 5) is 24.2. The van der Waals surface area contributed by atoms with Crippen molar-refractivity contribution in [2.24, 2.45) is 0 Å². The van der Waals surface area contributed by atoms with E-state index in [1.807, 2.05) is 0 Å². The molecule has 2 aromatic rings. The number of hydrogen-bond donors (Lipinski definition) is 1. The van der Waals surface area contributed by atoms with Crippen LogP contribution in [0.15, 0.2) is 47.4 Å². The fourth-order valence-electron chi connectivity index (χ4n) is 2.55. The average molecular weight is 420 g/mol. The molecule has 8 nitrogen and oxygen atoms in total. The molecule has 29 heavy (non-hydrogen) atoms. The number of carbonyl (C=O) groups is 2. The molecular weight excluding hydrogens is 396 g/mol. The van der Waals surface area contributed by atoms with E-state index < -0.39 is 21.9 Å². The number of anilines is 1. The van der Waals surface area contributed by atoms with Gasteiger partial charge in [0, 0.05) is 12.7 Å². The summed E-state index contributed by atoms with van der Waals surface area (Å²) in [5, 5.41) is 2.66. The van der Waals surface area contributed by atoms with Gasteiger partial charge < -0.3 is 14.8 Å². The summed E-state index contributed by atoms with van der Waals surface area (Å²) >= 11 is 0. The lowest BCUT2D eigenvalue weighted by Crippen LogP contribution is -2.35. The van der Waals surface area contributed by atoms with Crippen LogP contribution >= 0.6 is 0 Å². The zero-order valence-electron chi connectivity index (χ0n) is 16.8. The van der Waals surface area contributed by atoms with Crippen molar-refractivity contribution in [2.75, 3.05) is 32.6 Å². The third kappa shape index (κ3) is 5.55. The minimum Gasteiger partial charge on any atom is -0.497 e. The van der Waals surface area contributed by atoms with Gasteiger partial charge in [-0.05, 0) is 61.9 Å². The normalized spacial score (nSPS) is 11.2. The molecule has 1 amide bonds. The molecule has 0 bridgehead atoms. The highest BCUT2D eigenvalue weighted by Gasteiger charge is 2.23. The lowest BCUT2D eigenvalue weighted by molar-refractivity contribution is -0.116. The predicted molar refractivity (Wildman–Crippen MR) is 109 cm³/mol. The molecule has 0 aromatic heterocycles. The van der Waals surface area contributed by atoms with Crippen LogP contribution < -0.4 is 10.1 Å². The van der Waals surface area contributed by atoms with Gasteiger partial charge in [-0.3, -0.25) is 4.79 Å². The molecule has 0 saturated heterocycles. The van der Waals surface area contributed by atoms with E-state index in [2.05, 4.69) is 5.32 Å². The van der Waals surface area contributed by atoms with Crippen molar-refractivity contribution in [3.63, 3.8) is 0 Å². The smallest absolute Gasteiger partial charge is 0.338 e. The lowest BCUT2D eigenvalue weighted by atomic mass is 10.1. The number of ether oxygens (including phenoxy) is 2. The van der Waals surface area contributed by atoms with Gasteiger partial charge in [0.15, 0.2) is 0 Å². The number of carbonyl (C=O) groups excluding carboxylic acids is 2. The molecule has 1 N–H and O–H groups in total. The molecule has 2 aromatic carbocycles. The number of nitrogens with one attached hydrogen (secondary N) is 1. The van der Waals surface area contributed by atoms with Crippen LogP contribution in [0.1, 0.15) is 22.8 Å². The number of methoxy groups -OCH3 is 1. The Kier molecular flexibility index (Phi) is 7.35. The van der Waals surface area contributed by atoms with Crippen molar-refractivity contribution in [1.82, 2.24) is 4.31 Å². The Morgan fingerprint density at radius 2 is 1.76 bits per heavy atom. The van der Waals surface area contributed by atoms with Crippen LogP contribution in [0.5, 0.6) is 5.75 Å². The first-order chi connectivity index (χ1) is 13.7. The molecule has 2 rings (SSSR count). The van der Waals surface area contributed by atoms with Crippen molar-refractivity contribution in [1.29, 1.82) is 0 Å². The number of nitrogens with zero attached hydrogens (tertiary/aromatic N) is 1. The van der Waals surface area contributed by atoms with Gasteiger partial charge in [-0.2, -0.15) is 4.31 Å². The second kappa shape index (κ2) is 9.53. The number of esters is 1. The molecule has 0 saturated carbocycles. The van der Waals surface area contributed by atoms with Crippen molar-refractivity contribution < 1.29 is 27.5 Å². The third-order valence-electron chi connectivity index (χ3n) is 4.15. The number of amides is 1. The van der Waals surface area contributed by atoms with Crippen LogP contribution in [0.4, 0.5) is 5.69 Å². The lowest BCUT2D eigenvalue weighted by Gasteiger charge is -2.17. The summed E-state index contributed by atoms with van der Waals surface area (Å²) in [6.07, 6.45) is 0. The first kappa shape index (κ1) is 22.4. The molecule has 0 heterocycles. The Labute approximate surface area is 170 Å². The first-order valence-electron chi connectivity index (χ1n) is 8.87. The summed E-state index contributed by atoms with van der Waals surface area (Å²) in [6, 6.07) is 10.6. The number of benzene rings is 2. The molecule has 0 radical (unpaired) electrons. The van der Waals surface area contributed by atoms with Crippen molar-refractivity contribution >= 4 is 27.6 Å². The molecule has 0 unspecified atom stereocenters. The van der Waals surface area contributed by atoms with E-state index in [1.54, 1.807) is 32.0 Å². The minimum absolute atomic E-state index is 0.0589. The Hall–Kier alpha value is -2.91. The third-order valence-corrected chi connectivity index (χ3v) is 5.96. The monoisotopic (exact) mass is 420 g/mol. The van der Waals surface area contributed by atoms with Crippen molar-refractivity contribution in [2.45, 2.75) is 18.7 Å².